The molecule has 4 heteroatoms. The van der Waals surface area contributed by atoms with Gasteiger partial charge in [-0.3, -0.25) is 4.79 Å². The van der Waals surface area contributed by atoms with E-state index in [1.165, 1.54) is 0 Å². The molecule has 0 saturated carbocycles. The smallest absolute Gasteiger partial charge is 0.222 e. The van der Waals surface area contributed by atoms with Crippen LogP contribution < -0.4 is 0 Å². The number of hydrogen-bond donors (Lipinski definition) is 1. The van der Waals surface area contributed by atoms with E-state index in [4.69, 9.17) is 16.7 Å². The fourth-order valence-corrected chi connectivity index (χ4v) is 1.92. The highest BCUT2D eigenvalue weighted by molar-refractivity contribution is 6.31. The van der Waals surface area contributed by atoms with Gasteiger partial charge in [-0.05, 0) is 30.9 Å². The number of aliphatic hydroxyl groups is 1. The van der Waals surface area contributed by atoms with Gasteiger partial charge >= 0.3 is 0 Å². The van der Waals surface area contributed by atoms with Crippen LogP contribution in [0.2, 0.25) is 5.02 Å². The Morgan fingerprint density at radius 3 is 2.72 bits per heavy atom. The number of carbonyl (C=O) groups excluding carboxylic acids is 1. The van der Waals surface area contributed by atoms with Crippen LogP contribution in [-0.4, -0.2) is 36.1 Å². The van der Waals surface area contributed by atoms with Crippen molar-refractivity contribution in [2.45, 2.75) is 25.7 Å². The molecule has 0 heterocycles. The molecule has 1 amide bonds. The van der Waals surface area contributed by atoms with Crippen molar-refractivity contribution in [3.05, 3.63) is 34.9 Å². The molecule has 0 atom stereocenters. The second-order valence-corrected chi connectivity index (χ2v) is 4.74. The first kappa shape index (κ1) is 15.0. The molecule has 0 aliphatic heterocycles. The minimum atomic E-state index is 0.121. The lowest BCUT2D eigenvalue weighted by molar-refractivity contribution is -0.130. The van der Waals surface area contributed by atoms with Crippen molar-refractivity contribution in [1.82, 2.24) is 4.90 Å². The molecule has 0 unspecified atom stereocenters. The Labute approximate surface area is 113 Å². The molecule has 0 spiro atoms. The summed E-state index contributed by atoms with van der Waals surface area (Å²) in [7, 11) is 1.80. The average molecular weight is 270 g/mol. The number of halogens is 1. The monoisotopic (exact) mass is 269 g/mol. The van der Waals surface area contributed by atoms with Gasteiger partial charge in [-0.1, -0.05) is 29.8 Å². The zero-order chi connectivity index (χ0) is 13.4. The normalized spacial score (nSPS) is 10.4. The molecule has 1 rings (SSSR count). The van der Waals surface area contributed by atoms with Crippen molar-refractivity contribution in [2.24, 2.45) is 0 Å². The summed E-state index contributed by atoms with van der Waals surface area (Å²) in [6.45, 7) is 0.818. The molecule has 3 nitrogen and oxygen atoms in total. The van der Waals surface area contributed by atoms with Gasteiger partial charge in [0.25, 0.3) is 0 Å². The fraction of sp³-hybridized carbons (Fsp3) is 0.500. The predicted octanol–water partition coefficient (Wildman–Crippen LogP) is 2.50. The van der Waals surface area contributed by atoms with Gasteiger partial charge in [-0.15, -0.1) is 0 Å². The molecule has 1 aromatic rings. The van der Waals surface area contributed by atoms with Crippen molar-refractivity contribution < 1.29 is 9.90 Å². The van der Waals surface area contributed by atoms with Crippen molar-refractivity contribution in [3.63, 3.8) is 0 Å². The van der Waals surface area contributed by atoms with Crippen LogP contribution in [0.1, 0.15) is 24.8 Å². The highest BCUT2D eigenvalue weighted by atomic mass is 35.5. The summed E-state index contributed by atoms with van der Waals surface area (Å²) < 4.78 is 0. The fourth-order valence-electron chi connectivity index (χ4n) is 1.69. The molecule has 1 aromatic carbocycles. The number of rotatable bonds is 7. The van der Waals surface area contributed by atoms with Gasteiger partial charge in [0.05, 0.1) is 0 Å². The number of unbranched alkanes of at least 4 members (excludes halogenated alkanes) is 1. The van der Waals surface area contributed by atoms with Gasteiger partial charge in [0, 0.05) is 31.6 Å². The van der Waals surface area contributed by atoms with Gasteiger partial charge in [0.2, 0.25) is 5.91 Å². The van der Waals surface area contributed by atoms with Crippen molar-refractivity contribution >= 4 is 17.5 Å². The lowest BCUT2D eigenvalue weighted by atomic mass is 10.1. The quantitative estimate of drug-likeness (QED) is 0.773. The second-order valence-electron chi connectivity index (χ2n) is 4.34. The number of hydrogen-bond acceptors (Lipinski definition) is 2. The van der Waals surface area contributed by atoms with E-state index >= 15 is 0 Å². The van der Waals surface area contributed by atoms with Crippen LogP contribution in [0.3, 0.4) is 0 Å². The summed E-state index contributed by atoms with van der Waals surface area (Å²) in [4.78, 5) is 13.5. The zero-order valence-corrected chi connectivity index (χ0v) is 11.5. The van der Waals surface area contributed by atoms with E-state index in [1.807, 2.05) is 24.3 Å². The highest BCUT2D eigenvalue weighted by Crippen LogP contribution is 2.15. The Hall–Kier alpha value is -1.06. The Kier molecular flexibility index (Phi) is 6.76. The molecule has 0 aliphatic rings. The van der Waals surface area contributed by atoms with Crippen LogP contribution in [0.25, 0.3) is 0 Å². The molecule has 1 N–H and O–H groups in total. The van der Waals surface area contributed by atoms with E-state index in [0.29, 0.717) is 19.4 Å². The van der Waals surface area contributed by atoms with E-state index in [1.54, 1.807) is 11.9 Å². The average Bonchev–Trinajstić information content (AvgIpc) is 2.37. The van der Waals surface area contributed by atoms with Crippen LogP contribution in [0, 0.1) is 0 Å². The van der Waals surface area contributed by atoms with Crippen LogP contribution in [-0.2, 0) is 11.2 Å². The second kappa shape index (κ2) is 8.11. The number of nitrogens with zero attached hydrogens (tertiary/aromatic N) is 1. The van der Waals surface area contributed by atoms with Gasteiger partial charge in [0.1, 0.15) is 0 Å². The van der Waals surface area contributed by atoms with Crippen LogP contribution in [0.15, 0.2) is 24.3 Å². The van der Waals surface area contributed by atoms with Crippen LogP contribution in [0.5, 0.6) is 0 Å². The first-order valence-corrected chi connectivity index (χ1v) is 6.61. The van der Waals surface area contributed by atoms with Crippen molar-refractivity contribution in [1.29, 1.82) is 0 Å². The highest BCUT2D eigenvalue weighted by Gasteiger charge is 2.08. The number of aliphatic hydroxyl groups excluding tert-OH is 1. The molecular weight excluding hydrogens is 250 g/mol. The molecule has 0 aromatic heterocycles. The van der Waals surface area contributed by atoms with Crippen molar-refractivity contribution in [2.75, 3.05) is 20.2 Å². The Morgan fingerprint density at radius 2 is 2.06 bits per heavy atom. The Bertz CT molecular complexity index is 382. The molecule has 0 saturated heterocycles. The van der Waals surface area contributed by atoms with Gasteiger partial charge < -0.3 is 10.0 Å². The summed E-state index contributed by atoms with van der Waals surface area (Å²) in [5.41, 5.74) is 1.06. The minimum Gasteiger partial charge on any atom is -0.396 e. The van der Waals surface area contributed by atoms with Crippen molar-refractivity contribution in [3.8, 4) is 0 Å². The molecule has 100 valence electrons. The third-order valence-electron chi connectivity index (χ3n) is 2.90. The molecule has 0 fully saturated rings. The van der Waals surface area contributed by atoms with E-state index in [-0.39, 0.29) is 12.5 Å². The third kappa shape index (κ3) is 5.07. The summed E-state index contributed by atoms with van der Waals surface area (Å²) in [6, 6.07) is 7.69. The molecular formula is C14H20ClNO2. The van der Waals surface area contributed by atoms with E-state index in [2.05, 4.69) is 0 Å². The zero-order valence-electron chi connectivity index (χ0n) is 10.7. The topological polar surface area (TPSA) is 40.5 Å². The summed E-state index contributed by atoms with van der Waals surface area (Å²) in [5.74, 6) is 0.121. The van der Waals surface area contributed by atoms with Gasteiger partial charge in [0.15, 0.2) is 0 Å². The summed E-state index contributed by atoms with van der Waals surface area (Å²) >= 11 is 6.06. The van der Waals surface area contributed by atoms with E-state index in [0.717, 1.165) is 23.4 Å². The SMILES string of the molecule is CN(CCc1ccccc1Cl)C(=O)CCCCO. The lowest BCUT2D eigenvalue weighted by Gasteiger charge is -2.17. The van der Waals surface area contributed by atoms with E-state index in [9.17, 15) is 4.79 Å². The maximum atomic E-state index is 11.7. The molecule has 0 aliphatic carbocycles. The standard InChI is InChI=1S/C14H20ClNO2/c1-16(14(18)8-4-5-11-17)10-9-12-6-2-3-7-13(12)15/h2-3,6-7,17H,4-5,8-11H2,1H3. The van der Waals surface area contributed by atoms with Gasteiger partial charge in [-0.2, -0.15) is 0 Å². The first-order chi connectivity index (χ1) is 8.65. The summed E-state index contributed by atoms with van der Waals surface area (Å²) in [5, 5.41) is 9.41. The van der Waals surface area contributed by atoms with E-state index < -0.39 is 0 Å². The number of carbonyl (C=O) groups is 1. The Balaban J connectivity index is 2.34. The lowest BCUT2D eigenvalue weighted by Crippen LogP contribution is -2.28. The third-order valence-corrected chi connectivity index (χ3v) is 3.27. The maximum Gasteiger partial charge on any atom is 0.222 e. The maximum absolute atomic E-state index is 11.7. The molecule has 18 heavy (non-hydrogen) atoms. The first-order valence-electron chi connectivity index (χ1n) is 6.23. The van der Waals surface area contributed by atoms with Gasteiger partial charge in [-0.25, -0.2) is 0 Å². The Morgan fingerprint density at radius 1 is 1.33 bits per heavy atom. The molecule has 0 radical (unpaired) electrons. The predicted molar refractivity (Wildman–Crippen MR) is 73.7 cm³/mol. The molecule has 0 bridgehead atoms. The number of amides is 1. The minimum absolute atomic E-state index is 0.121. The largest absolute Gasteiger partial charge is 0.396 e. The van der Waals surface area contributed by atoms with Crippen LogP contribution in [0.4, 0.5) is 0 Å². The van der Waals surface area contributed by atoms with Crippen LogP contribution >= 0.6 is 11.6 Å². The number of benzene rings is 1. The number of likely N-dealkylation sites (N-methyl/N-ethyl adjacent to an activating group) is 1. The summed E-state index contributed by atoms with van der Waals surface area (Å²) in [6.07, 6.45) is 2.69.